The molecule has 5 nitrogen and oxygen atoms in total. The van der Waals surface area contributed by atoms with Crippen LogP contribution in [0.3, 0.4) is 0 Å². The maximum absolute atomic E-state index is 12.2. The average Bonchev–Trinajstić information content (AvgIpc) is 2.62. The fraction of sp³-hybridized carbons (Fsp3) is 0.263. The van der Waals surface area contributed by atoms with Crippen LogP contribution in [0.4, 0.5) is 0 Å². The van der Waals surface area contributed by atoms with Crippen molar-refractivity contribution in [1.82, 2.24) is 10.9 Å². The highest BCUT2D eigenvalue weighted by molar-refractivity contribution is 9.10. The third kappa shape index (κ3) is 5.60. The molecule has 0 saturated carbocycles. The Kier molecular flexibility index (Phi) is 7.01. The van der Waals surface area contributed by atoms with Gasteiger partial charge in [-0.3, -0.25) is 20.4 Å². The first-order valence-corrected chi connectivity index (χ1v) is 8.90. The number of hydrogen-bond acceptors (Lipinski definition) is 3. The van der Waals surface area contributed by atoms with Gasteiger partial charge in [-0.2, -0.15) is 0 Å². The number of amides is 2. The predicted octanol–water partition coefficient (Wildman–Crippen LogP) is 4.01. The van der Waals surface area contributed by atoms with Crippen LogP contribution in [0.5, 0.6) is 5.75 Å². The minimum atomic E-state index is -0.402. The monoisotopic (exact) mass is 404 g/mol. The minimum Gasteiger partial charge on any atom is -0.494 e. The van der Waals surface area contributed by atoms with E-state index in [2.05, 4.69) is 33.7 Å². The van der Waals surface area contributed by atoms with Gasteiger partial charge in [0.2, 0.25) is 0 Å². The standard InChI is InChI=1S/C19H21BrN2O3/c1-3-4-10-25-16-7-5-6-14(11-16)18(23)21-22-19(24)15-9-8-13(2)17(20)12-15/h5-9,11-12H,3-4,10H2,1-2H3,(H,21,23)(H,22,24). The zero-order valence-electron chi connectivity index (χ0n) is 14.3. The van der Waals surface area contributed by atoms with Gasteiger partial charge in [-0.1, -0.05) is 41.4 Å². The van der Waals surface area contributed by atoms with E-state index in [0.717, 1.165) is 22.9 Å². The second-order valence-corrected chi connectivity index (χ2v) is 6.46. The highest BCUT2D eigenvalue weighted by Gasteiger charge is 2.11. The van der Waals surface area contributed by atoms with Gasteiger partial charge in [0.05, 0.1) is 6.61 Å². The molecular formula is C19H21BrN2O3. The summed E-state index contributed by atoms with van der Waals surface area (Å²) in [5.41, 5.74) is 6.73. The van der Waals surface area contributed by atoms with E-state index in [-0.39, 0.29) is 5.91 Å². The molecule has 0 aliphatic heterocycles. The lowest BCUT2D eigenvalue weighted by Gasteiger charge is -2.10. The van der Waals surface area contributed by atoms with Gasteiger partial charge >= 0.3 is 0 Å². The average molecular weight is 405 g/mol. The molecule has 0 atom stereocenters. The Bertz CT molecular complexity index is 762. The molecule has 0 heterocycles. The van der Waals surface area contributed by atoms with E-state index in [1.165, 1.54) is 0 Å². The molecule has 6 heteroatoms. The Labute approximate surface area is 155 Å². The van der Waals surface area contributed by atoms with Crippen LogP contribution >= 0.6 is 15.9 Å². The number of carbonyl (C=O) groups is 2. The Morgan fingerprint density at radius 1 is 1.04 bits per heavy atom. The van der Waals surface area contributed by atoms with E-state index in [1.807, 2.05) is 13.0 Å². The summed E-state index contributed by atoms with van der Waals surface area (Å²) in [5.74, 6) is -0.153. The first-order valence-electron chi connectivity index (χ1n) is 8.11. The molecule has 0 saturated heterocycles. The SMILES string of the molecule is CCCCOc1cccc(C(=O)NNC(=O)c2ccc(C)c(Br)c2)c1. The lowest BCUT2D eigenvalue weighted by Crippen LogP contribution is -2.41. The number of ether oxygens (including phenoxy) is 1. The van der Waals surface area contributed by atoms with Gasteiger partial charge in [0.15, 0.2) is 0 Å². The Morgan fingerprint density at radius 2 is 1.72 bits per heavy atom. The summed E-state index contributed by atoms with van der Waals surface area (Å²) in [6.07, 6.45) is 2.00. The first kappa shape index (κ1) is 19.0. The molecule has 2 aromatic rings. The van der Waals surface area contributed by atoms with Crippen LogP contribution in [-0.4, -0.2) is 18.4 Å². The zero-order valence-corrected chi connectivity index (χ0v) is 15.9. The number of benzene rings is 2. The second-order valence-electron chi connectivity index (χ2n) is 5.60. The minimum absolute atomic E-state index is 0.385. The third-order valence-corrected chi connectivity index (χ3v) is 4.44. The number of hydrogen-bond donors (Lipinski definition) is 2. The Morgan fingerprint density at radius 3 is 2.36 bits per heavy atom. The highest BCUT2D eigenvalue weighted by atomic mass is 79.9. The molecule has 0 unspecified atom stereocenters. The molecule has 0 bridgehead atoms. The van der Waals surface area contributed by atoms with Crippen LogP contribution in [0.1, 0.15) is 46.0 Å². The van der Waals surface area contributed by atoms with Crippen molar-refractivity contribution >= 4 is 27.7 Å². The molecule has 0 aliphatic rings. The molecule has 0 radical (unpaired) electrons. The van der Waals surface area contributed by atoms with Crippen LogP contribution in [0.2, 0.25) is 0 Å². The number of unbranched alkanes of at least 4 members (excludes halogenated alkanes) is 1. The van der Waals surface area contributed by atoms with Crippen molar-refractivity contribution in [1.29, 1.82) is 0 Å². The van der Waals surface area contributed by atoms with E-state index < -0.39 is 5.91 Å². The summed E-state index contributed by atoms with van der Waals surface area (Å²) in [4.78, 5) is 24.3. The fourth-order valence-corrected chi connectivity index (χ4v) is 2.43. The third-order valence-electron chi connectivity index (χ3n) is 3.59. The van der Waals surface area contributed by atoms with Crippen molar-refractivity contribution in [2.75, 3.05) is 6.61 Å². The number of aryl methyl sites for hydroxylation is 1. The smallest absolute Gasteiger partial charge is 0.269 e. The van der Waals surface area contributed by atoms with E-state index in [1.54, 1.807) is 36.4 Å². The highest BCUT2D eigenvalue weighted by Crippen LogP contribution is 2.17. The summed E-state index contributed by atoms with van der Waals surface area (Å²) in [6.45, 7) is 4.63. The van der Waals surface area contributed by atoms with Gasteiger partial charge in [0.25, 0.3) is 11.8 Å². The van der Waals surface area contributed by atoms with Crippen molar-refractivity contribution in [2.24, 2.45) is 0 Å². The van der Waals surface area contributed by atoms with Crippen LogP contribution in [-0.2, 0) is 0 Å². The van der Waals surface area contributed by atoms with Crippen LogP contribution in [0.15, 0.2) is 46.9 Å². The van der Waals surface area contributed by atoms with Gasteiger partial charge in [-0.05, 0) is 49.2 Å². The zero-order chi connectivity index (χ0) is 18.2. The fourth-order valence-electron chi connectivity index (χ4n) is 2.05. The van der Waals surface area contributed by atoms with Crippen molar-refractivity contribution in [3.63, 3.8) is 0 Å². The number of carbonyl (C=O) groups excluding carboxylic acids is 2. The molecular weight excluding hydrogens is 384 g/mol. The van der Waals surface area contributed by atoms with Crippen LogP contribution < -0.4 is 15.6 Å². The topological polar surface area (TPSA) is 67.4 Å². The maximum Gasteiger partial charge on any atom is 0.269 e. The molecule has 25 heavy (non-hydrogen) atoms. The summed E-state index contributed by atoms with van der Waals surface area (Å²) in [5, 5.41) is 0. The largest absolute Gasteiger partial charge is 0.494 e. The first-order chi connectivity index (χ1) is 12.0. The molecule has 0 aromatic heterocycles. The molecule has 2 aromatic carbocycles. The van der Waals surface area contributed by atoms with E-state index in [9.17, 15) is 9.59 Å². The number of rotatable bonds is 6. The lowest BCUT2D eigenvalue weighted by molar-refractivity contribution is 0.0846. The molecule has 2 N–H and O–H groups in total. The number of halogens is 1. The van der Waals surface area contributed by atoms with Gasteiger partial charge < -0.3 is 4.74 Å². The second kappa shape index (κ2) is 9.22. The van der Waals surface area contributed by atoms with Gasteiger partial charge in [0.1, 0.15) is 5.75 Å². The maximum atomic E-state index is 12.2. The van der Waals surface area contributed by atoms with Gasteiger partial charge in [-0.15, -0.1) is 0 Å². The molecule has 2 rings (SSSR count). The Hall–Kier alpha value is -2.34. The van der Waals surface area contributed by atoms with E-state index in [4.69, 9.17) is 4.74 Å². The van der Waals surface area contributed by atoms with Crippen molar-refractivity contribution in [3.05, 3.63) is 63.6 Å². The van der Waals surface area contributed by atoms with Crippen LogP contribution in [0, 0.1) is 6.92 Å². The summed E-state index contributed by atoms with van der Waals surface area (Å²) in [7, 11) is 0. The molecule has 132 valence electrons. The van der Waals surface area contributed by atoms with Crippen molar-refractivity contribution in [3.8, 4) is 5.75 Å². The number of hydrazine groups is 1. The predicted molar refractivity (Wildman–Crippen MR) is 101 cm³/mol. The van der Waals surface area contributed by atoms with Gasteiger partial charge in [-0.25, -0.2) is 0 Å². The van der Waals surface area contributed by atoms with Crippen molar-refractivity contribution < 1.29 is 14.3 Å². The quantitative estimate of drug-likeness (QED) is 0.564. The Balaban J connectivity index is 1.94. The molecule has 0 aliphatic carbocycles. The number of nitrogens with one attached hydrogen (secondary N) is 2. The van der Waals surface area contributed by atoms with E-state index in [0.29, 0.717) is 23.5 Å². The molecule has 2 amide bonds. The van der Waals surface area contributed by atoms with Crippen LogP contribution in [0.25, 0.3) is 0 Å². The molecule has 0 spiro atoms. The summed E-state index contributed by atoms with van der Waals surface area (Å²) in [6, 6.07) is 12.1. The van der Waals surface area contributed by atoms with Gasteiger partial charge in [0, 0.05) is 15.6 Å². The van der Waals surface area contributed by atoms with Crippen molar-refractivity contribution in [2.45, 2.75) is 26.7 Å². The summed E-state index contributed by atoms with van der Waals surface area (Å²) >= 11 is 3.38. The lowest BCUT2D eigenvalue weighted by atomic mass is 10.1. The summed E-state index contributed by atoms with van der Waals surface area (Å²) < 4.78 is 6.42. The van der Waals surface area contributed by atoms with E-state index >= 15 is 0 Å². The normalized spacial score (nSPS) is 10.2. The molecule has 0 fully saturated rings.